The summed E-state index contributed by atoms with van der Waals surface area (Å²) in [6.07, 6.45) is 19.1. The summed E-state index contributed by atoms with van der Waals surface area (Å²) in [6.45, 7) is 8.87. The molecule has 0 saturated carbocycles. The highest BCUT2D eigenvalue weighted by Crippen LogP contribution is 2.50. The topological polar surface area (TPSA) is 55.8 Å². The summed E-state index contributed by atoms with van der Waals surface area (Å²) in [4.78, 5) is 11.1. The lowest BCUT2D eigenvalue weighted by molar-refractivity contribution is 0.288. The Balaban J connectivity index is 2.03. The van der Waals surface area contributed by atoms with Gasteiger partial charge < -0.3 is 9.05 Å². The van der Waals surface area contributed by atoms with Crippen LogP contribution in [0, 0.1) is 0 Å². The van der Waals surface area contributed by atoms with Crippen molar-refractivity contribution in [1.82, 2.24) is 0 Å². The van der Waals surface area contributed by atoms with Crippen LogP contribution in [0.5, 0.6) is 11.5 Å². The van der Waals surface area contributed by atoms with E-state index in [9.17, 15) is 9.46 Å². The number of rotatable bonds is 16. The Kier molecular flexibility index (Phi) is 13.4. The number of fused-ring (bicyclic) bond motifs is 2. The van der Waals surface area contributed by atoms with E-state index in [1.165, 1.54) is 36.8 Å². The van der Waals surface area contributed by atoms with Gasteiger partial charge in [0.15, 0.2) is 0 Å². The standard InChI is InChI=1S/C34H53O4P/c1-5-9-13-17-27-23-29(19-15-11-7-3)33-31(25-27)21-22-32-26-28(18-14-10-6-2)24-30(20-16-12-8-4)34(32)38-39(35,36)37-33/h23-26H,5-22H2,1-4H3,(H,35,36). The van der Waals surface area contributed by atoms with Gasteiger partial charge in [-0.3, -0.25) is 4.89 Å². The van der Waals surface area contributed by atoms with Crippen molar-refractivity contribution in [2.45, 2.75) is 143 Å². The molecule has 0 fully saturated rings. The molecule has 2 aromatic carbocycles. The van der Waals surface area contributed by atoms with Crippen LogP contribution >= 0.6 is 7.82 Å². The first kappa shape index (κ1) is 31.8. The Bertz CT molecular complexity index is 996. The van der Waals surface area contributed by atoms with Gasteiger partial charge >= 0.3 is 7.82 Å². The monoisotopic (exact) mass is 556 g/mol. The zero-order valence-electron chi connectivity index (χ0n) is 25.2. The van der Waals surface area contributed by atoms with Crippen LogP contribution in [-0.4, -0.2) is 4.89 Å². The summed E-state index contributed by atoms with van der Waals surface area (Å²) >= 11 is 0. The van der Waals surface area contributed by atoms with Gasteiger partial charge in [0, 0.05) is 0 Å². The fourth-order valence-corrected chi connectivity index (χ4v) is 6.69. The smallest absolute Gasteiger partial charge is 0.395 e. The highest BCUT2D eigenvalue weighted by molar-refractivity contribution is 7.48. The van der Waals surface area contributed by atoms with E-state index in [1.807, 2.05) is 0 Å². The Hall–Kier alpha value is -1.77. The largest absolute Gasteiger partial charge is 0.584 e. The lowest BCUT2D eigenvalue weighted by Gasteiger charge is -2.21. The van der Waals surface area contributed by atoms with Crippen molar-refractivity contribution in [3.8, 4) is 11.5 Å². The van der Waals surface area contributed by atoms with Crippen LogP contribution in [0.4, 0.5) is 0 Å². The summed E-state index contributed by atoms with van der Waals surface area (Å²) in [5, 5.41) is 0. The minimum absolute atomic E-state index is 0.583. The first-order valence-electron chi connectivity index (χ1n) is 15.9. The van der Waals surface area contributed by atoms with E-state index in [0.29, 0.717) is 11.5 Å². The van der Waals surface area contributed by atoms with Crippen molar-refractivity contribution in [3.05, 3.63) is 57.6 Å². The van der Waals surface area contributed by atoms with Gasteiger partial charge in [-0.1, -0.05) is 103 Å². The lowest BCUT2D eigenvalue weighted by atomic mass is 9.91. The molecule has 0 atom stereocenters. The van der Waals surface area contributed by atoms with Gasteiger partial charge in [0.05, 0.1) is 0 Å². The second-order valence-electron chi connectivity index (χ2n) is 11.5. The molecule has 0 unspecified atom stereocenters. The SMILES string of the molecule is CCCCCc1cc(CCCCC)c2c(c1)CCc1cc(CCCCC)cc(CCCCC)c1OP(=O)(O)O2. The predicted molar refractivity (Wildman–Crippen MR) is 164 cm³/mol. The van der Waals surface area contributed by atoms with Gasteiger partial charge in [-0.05, 0) is 97.6 Å². The highest BCUT2D eigenvalue weighted by atomic mass is 31.2. The maximum Gasteiger partial charge on any atom is 0.584 e. The van der Waals surface area contributed by atoms with Crippen LogP contribution in [0.25, 0.3) is 0 Å². The normalized spacial score (nSPS) is 14.4. The second kappa shape index (κ2) is 16.5. The fourth-order valence-electron chi connectivity index (χ4n) is 5.73. The van der Waals surface area contributed by atoms with Gasteiger partial charge in [0.2, 0.25) is 0 Å². The minimum atomic E-state index is -4.36. The molecular weight excluding hydrogens is 503 g/mol. The van der Waals surface area contributed by atoms with Gasteiger partial charge in [-0.15, -0.1) is 0 Å². The van der Waals surface area contributed by atoms with Gasteiger partial charge in [0.25, 0.3) is 0 Å². The number of phosphoric acid groups is 1. The first-order valence-corrected chi connectivity index (χ1v) is 17.4. The van der Waals surface area contributed by atoms with Gasteiger partial charge in [0.1, 0.15) is 11.5 Å². The van der Waals surface area contributed by atoms with Crippen molar-refractivity contribution < 1.29 is 18.5 Å². The molecule has 218 valence electrons. The molecule has 0 amide bonds. The maximum absolute atomic E-state index is 13.6. The van der Waals surface area contributed by atoms with Crippen LogP contribution in [0.1, 0.15) is 138 Å². The molecule has 0 saturated heterocycles. The Morgan fingerprint density at radius 1 is 0.590 bits per heavy atom. The molecule has 0 aliphatic carbocycles. The molecule has 1 aliphatic rings. The molecule has 0 aromatic heterocycles. The van der Waals surface area contributed by atoms with Gasteiger partial charge in [-0.25, -0.2) is 4.57 Å². The number of unbranched alkanes of at least 4 members (excludes halogenated alkanes) is 8. The molecule has 2 aromatic rings. The predicted octanol–water partition coefficient (Wildman–Crippen LogP) is 10.3. The second-order valence-corrected chi connectivity index (χ2v) is 12.8. The summed E-state index contributed by atoms with van der Waals surface area (Å²) in [6, 6.07) is 8.90. The van der Waals surface area contributed by atoms with E-state index >= 15 is 0 Å². The molecule has 0 radical (unpaired) electrons. The molecule has 4 nitrogen and oxygen atoms in total. The maximum atomic E-state index is 13.6. The Morgan fingerprint density at radius 2 is 0.949 bits per heavy atom. The van der Waals surface area contributed by atoms with Crippen molar-refractivity contribution in [2.75, 3.05) is 0 Å². The van der Waals surface area contributed by atoms with E-state index in [1.54, 1.807) is 0 Å². The number of aryl methyl sites for hydroxylation is 6. The van der Waals surface area contributed by atoms with Gasteiger partial charge in [-0.2, -0.15) is 0 Å². The third-order valence-corrected chi connectivity index (χ3v) is 8.75. The number of hydrogen-bond donors (Lipinski definition) is 1. The molecule has 0 bridgehead atoms. The quantitative estimate of drug-likeness (QED) is 0.165. The van der Waals surface area contributed by atoms with E-state index < -0.39 is 7.82 Å². The molecule has 1 heterocycles. The van der Waals surface area contributed by atoms with Crippen LogP contribution in [0.2, 0.25) is 0 Å². The molecule has 5 heteroatoms. The number of benzene rings is 2. The van der Waals surface area contributed by atoms with E-state index in [-0.39, 0.29) is 0 Å². The molecule has 3 rings (SSSR count). The summed E-state index contributed by atoms with van der Waals surface area (Å²) in [5.74, 6) is 1.17. The minimum Gasteiger partial charge on any atom is -0.395 e. The third-order valence-electron chi connectivity index (χ3n) is 7.92. The number of hydrogen-bond acceptors (Lipinski definition) is 3. The average molecular weight is 557 g/mol. The van der Waals surface area contributed by atoms with Crippen LogP contribution in [0.15, 0.2) is 24.3 Å². The Morgan fingerprint density at radius 3 is 1.31 bits per heavy atom. The van der Waals surface area contributed by atoms with E-state index in [4.69, 9.17) is 9.05 Å². The highest BCUT2D eigenvalue weighted by Gasteiger charge is 2.32. The summed E-state index contributed by atoms with van der Waals surface area (Å²) in [5.41, 5.74) is 6.84. The zero-order valence-corrected chi connectivity index (χ0v) is 26.1. The molecule has 1 N–H and O–H groups in total. The van der Waals surface area contributed by atoms with Crippen molar-refractivity contribution in [2.24, 2.45) is 0 Å². The molecule has 1 aliphatic heterocycles. The molecule has 0 spiro atoms. The van der Waals surface area contributed by atoms with E-state index in [2.05, 4.69) is 52.0 Å². The molecular formula is C34H53O4P. The van der Waals surface area contributed by atoms with Crippen LogP contribution in [-0.2, 0) is 43.1 Å². The third kappa shape index (κ3) is 9.98. The summed E-state index contributed by atoms with van der Waals surface area (Å²) in [7, 11) is -4.36. The first-order chi connectivity index (χ1) is 18.9. The lowest BCUT2D eigenvalue weighted by Crippen LogP contribution is -2.06. The average Bonchev–Trinajstić information content (AvgIpc) is 2.95. The zero-order chi connectivity index (χ0) is 28.1. The van der Waals surface area contributed by atoms with Crippen molar-refractivity contribution in [1.29, 1.82) is 0 Å². The number of phosphoric ester groups is 1. The fraction of sp³-hybridized carbons (Fsp3) is 0.647. The molecule has 39 heavy (non-hydrogen) atoms. The van der Waals surface area contributed by atoms with Crippen molar-refractivity contribution >= 4 is 7.82 Å². The Labute approximate surface area is 238 Å². The summed E-state index contributed by atoms with van der Waals surface area (Å²) < 4.78 is 25.5. The van der Waals surface area contributed by atoms with Crippen LogP contribution in [0.3, 0.4) is 0 Å². The van der Waals surface area contributed by atoms with E-state index in [0.717, 1.165) is 112 Å². The van der Waals surface area contributed by atoms with Crippen LogP contribution < -0.4 is 9.05 Å². The van der Waals surface area contributed by atoms with Crippen molar-refractivity contribution in [3.63, 3.8) is 0 Å².